The van der Waals surface area contributed by atoms with Crippen LogP contribution < -0.4 is 4.74 Å². The van der Waals surface area contributed by atoms with Gasteiger partial charge in [-0.3, -0.25) is 4.79 Å². The molecule has 9 nitrogen and oxygen atoms in total. The number of oxime groups is 1. The molecule has 0 saturated heterocycles. The monoisotopic (exact) mass is 539 g/mol. The molecule has 0 N–H and O–H groups in total. The summed E-state index contributed by atoms with van der Waals surface area (Å²) < 4.78 is 15.6. The van der Waals surface area contributed by atoms with Crippen LogP contribution in [0, 0.1) is 0 Å². The third kappa shape index (κ3) is 10.4. The van der Waals surface area contributed by atoms with Crippen molar-refractivity contribution in [2.75, 3.05) is 19.8 Å². The molecule has 0 spiro atoms. The van der Waals surface area contributed by atoms with Crippen LogP contribution in [0.4, 0.5) is 0 Å². The van der Waals surface area contributed by atoms with Crippen molar-refractivity contribution in [3.8, 4) is 5.75 Å². The van der Waals surface area contributed by atoms with Gasteiger partial charge in [0, 0.05) is 39.8 Å². The van der Waals surface area contributed by atoms with Crippen molar-refractivity contribution in [1.29, 1.82) is 0 Å². The van der Waals surface area contributed by atoms with E-state index in [1.807, 2.05) is 12.1 Å². The van der Waals surface area contributed by atoms with Crippen LogP contribution in [0.15, 0.2) is 87.8 Å². The van der Waals surface area contributed by atoms with Gasteiger partial charge in [0.05, 0.1) is 6.61 Å². The molecule has 0 atom stereocenters. The molecule has 0 aliphatic heterocycles. The average molecular weight is 540 g/mol. The molecule has 2 rings (SSSR count). The van der Waals surface area contributed by atoms with Gasteiger partial charge in [0.25, 0.3) is 0 Å². The first-order valence-electron chi connectivity index (χ1n) is 11.5. The second-order valence-corrected chi connectivity index (χ2v) is 9.13. The van der Waals surface area contributed by atoms with Gasteiger partial charge < -0.3 is 19.0 Å². The Morgan fingerprint density at radius 3 is 1.82 bits per heavy atom. The van der Waals surface area contributed by atoms with Gasteiger partial charge in [-0.05, 0) is 62.4 Å². The second-order valence-electron chi connectivity index (χ2n) is 7.98. The van der Waals surface area contributed by atoms with Crippen molar-refractivity contribution in [3.05, 3.63) is 78.4 Å². The van der Waals surface area contributed by atoms with E-state index >= 15 is 0 Å². The topological polar surface area (TPSA) is 118 Å². The molecule has 0 bridgehead atoms. The van der Waals surface area contributed by atoms with Crippen molar-refractivity contribution in [2.24, 2.45) is 5.16 Å². The second kappa shape index (κ2) is 15.2. The Bertz CT molecular complexity index is 1220. The van der Waals surface area contributed by atoms with Crippen molar-refractivity contribution < 1.29 is 38.2 Å². The van der Waals surface area contributed by atoms with Gasteiger partial charge in [-0.15, -0.1) is 0 Å². The molecule has 0 saturated carbocycles. The van der Waals surface area contributed by atoms with Gasteiger partial charge in [-0.25, -0.2) is 14.4 Å². The third-order valence-corrected chi connectivity index (χ3v) is 5.59. The number of Topliss-reactive ketones (excluding diaryl/α,β-unsaturated/α-hetero) is 1. The zero-order chi connectivity index (χ0) is 28.1. The maximum absolute atomic E-state index is 12.9. The summed E-state index contributed by atoms with van der Waals surface area (Å²) in [6.45, 7) is 11.5. The maximum Gasteiger partial charge on any atom is 0.333 e. The Morgan fingerprint density at radius 2 is 1.29 bits per heavy atom. The molecular weight excluding hydrogens is 510 g/mol. The molecule has 0 unspecified atom stereocenters. The molecule has 200 valence electrons. The van der Waals surface area contributed by atoms with E-state index in [0.29, 0.717) is 16.9 Å². The van der Waals surface area contributed by atoms with Crippen LogP contribution in [-0.2, 0) is 28.7 Å². The molecule has 38 heavy (non-hydrogen) atoms. The molecular formula is C28H29NO8S. The molecule has 0 aliphatic carbocycles. The number of ketones is 1. The molecule has 2 aromatic carbocycles. The highest BCUT2D eigenvalue weighted by Crippen LogP contribution is 2.29. The summed E-state index contributed by atoms with van der Waals surface area (Å²) in [5.74, 6) is -1.54. The van der Waals surface area contributed by atoms with Gasteiger partial charge in [0.2, 0.25) is 5.78 Å². The molecule has 10 heteroatoms. The van der Waals surface area contributed by atoms with E-state index in [-0.39, 0.29) is 37.5 Å². The van der Waals surface area contributed by atoms with Crippen molar-refractivity contribution in [3.63, 3.8) is 0 Å². The highest BCUT2D eigenvalue weighted by molar-refractivity contribution is 7.99. The fourth-order valence-corrected chi connectivity index (χ4v) is 3.50. The van der Waals surface area contributed by atoms with Crippen molar-refractivity contribution in [2.45, 2.75) is 37.0 Å². The summed E-state index contributed by atoms with van der Waals surface area (Å²) in [6, 6.07) is 14.2. The summed E-state index contributed by atoms with van der Waals surface area (Å²) in [5.41, 5.74) is 0.843. The van der Waals surface area contributed by atoms with Gasteiger partial charge in [-0.1, -0.05) is 30.1 Å². The first-order valence-corrected chi connectivity index (χ1v) is 12.3. The Morgan fingerprint density at radius 1 is 0.763 bits per heavy atom. The summed E-state index contributed by atoms with van der Waals surface area (Å²) >= 11 is 1.48. The number of carbonyl (C=O) groups is 4. The maximum atomic E-state index is 12.9. The van der Waals surface area contributed by atoms with E-state index in [4.69, 9.17) is 14.2 Å². The van der Waals surface area contributed by atoms with E-state index in [1.165, 1.54) is 25.6 Å². The number of hydrogen-bond acceptors (Lipinski definition) is 10. The van der Waals surface area contributed by atoms with E-state index in [1.54, 1.807) is 43.3 Å². The molecule has 0 aromatic heterocycles. The van der Waals surface area contributed by atoms with Crippen LogP contribution in [0.2, 0.25) is 0 Å². The SMILES string of the molecule is C=C(C)C(=O)OCCOc1ccc(Sc2ccc(C(=O)/C(CCOC(=O)C(=C)C)=N/OC(C)=O)cc2)cc1. The first kappa shape index (κ1) is 30.0. The minimum absolute atomic E-state index is 0.0353. The van der Waals surface area contributed by atoms with Gasteiger partial charge >= 0.3 is 17.9 Å². The molecule has 0 radical (unpaired) electrons. The molecule has 2 aromatic rings. The number of rotatable bonds is 14. The summed E-state index contributed by atoms with van der Waals surface area (Å²) in [6.07, 6.45) is -0.0353. The van der Waals surface area contributed by atoms with Gasteiger partial charge in [0.1, 0.15) is 24.7 Å². The average Bonchev–Trinajstić information content (AvgIpc) is 2.89. The lowest BCUT2D eigenvalue weighted by Gasteiger charge is -2.09. The minimum atomic E-state index is -0.677. The Hall–Kier alpha value is -4.18. The lowest BCUT2D eigenvalue weighted by molar-refractivity contribution is -0.141. The van der Waals surface area contributed by atoms with E-state index in [0.717, 1.165) is 9.79 Å². The van der Waals surface area contributed by atoms with Crippen LogP contribution in [0.25, 0.3) is 0 Å². The van der Waals surface area contributed by atoms with Crippen LogP contribution in [0.3, 0.4) is 0 Å². The quantitative estimate of drug-likeness (QED) is 0.0625. The van der Waals surface area contributed by atoms with Crippen molar-refractivity contribution in [1.82, 2.24) is 0 Å². The normalized spacial score (nSPS) is 10.8. The van der Waals surface area contributed by atoms with Crippen molar-refractivity contribution >= 4 is 41.2 Å². The fraction of sp³-hybridized carbons (Fsp3) is 0.250. The Balaban J connectivity index is 1.95. The predicted molar refractivity (Wildman–Crippen MR) is 142 cm³/mol. The predicted octanol–water partition coefficient (Wildman–Crippen LogP) is 4.95. The molecule has 0 amide bonds. The number of carbonyl (C=O) groups excluding carboxylic acids is 4. The number of nitrogens with zero attached hydrogens (tertiary/aromatic N) is 1. The summed E-state index contributed by atoms with van der Waals surface area (Å²) in [5, 5.41) is 3.64. The fourth-order valence-electron chi connectivity index (χ4n) is 2.68. The molecule has 0 fully saturated rings. The highest BCUT2D eigenvalue weighted by Gasteiger charge is 2.17. The number of hydrogen-bond donors (Lipinski definition) is 0. The largest absolute Gasteiger partial charge is 0.490 e. The van der Waals surface area contributed by atoms with Crippen LogP contribution in [0.1, 0.15) is 37.6 Å². The number of benzene rings is 2. The first-order chi connectivity index (χ1) is 18.1. The molecule has 0 aliphatic rings. The van der Waals surface area contributed by atoms with E-state index < -0.39 is 23.7 Å². The zero-order valence-electron chi connectivity index (χ0n) is 21.5. The van der Waals surface area contributed by atoms with Gasteiger partial charge in [0.15, 0.2) is 0 Å². The van der Waals surface area contributed by atoms with E-state index in [2.05, 4.69) is 23.2 Å². The Labute approximate surface area is 225 Å². The van der Waals surface area contributed by atoms with Crippen LogP contribution in [0.5, 0.6) is 5.75 Å². The standard InChI is InChI=1S/C28H29NO8S/c1-18(2)27(32)35-15-14-25(29-37-20(5)30)26(31)21-6-10-23(11-7-21)38-24-12-8-22(9-13-24)34-16-17-36-28(33)19(3)4/h6-13H,1,3,14-17H2,2,4-5H3/b29-25+. The minimum Gasteiger partial charge on any atom is -0.490 e. The third-order valence-electron chi connectivity index (χ3n) is 4.58. The van der Waals surface area contributed by atoms with E-state index in [9.17, 15) is 19.2 Å². The number of ether oxygens (including phenoxy) is 3. The smallest absolute Gasteiger partial charge is 0.333 e. The Kier molecular flexibility index (Phi) is 12.0. The number of esters is 2. The highest BCUT2D eigenvalue weighted by atomic mass is 32.2. The van der Waals surface area contributed by atoms with Crippen LogP contribution >= 0.6 is 11.8 Å². The lowest BCUT2D eigenvalue weighted by atomic mass is 10.1. The van der Waals surface area contributed by atoms with Gasteiger partial charge in [-0.2, -0.15) is 0 Å². The lowest BCUT2D eigenvalue weighted by Crippen LogP contribution is -2.19. The molecule has 0 heterocycles. The summed E-state index contributed by atoms with van der Waals surface area (Å²) in [7, 11) is 0. The van der Waals surface area contributed by atoms with Crippen LogP contribution in [-0.4, -0.2) is 49.2 Å². The summed E-state index contributed by atoms with van der Waals surface area (Å²) in [4.78, 5) is 53.5. The zero-order valence-corrected chi connectivity index (χ0v) is 22.3.